The predicted molar refractivity (Wildman–Crippen MR) is 323 cm³/mol. The molecule has 5 aromatic rings. The molecule has 442 valence electrons. The highest BCUT2D eigenvalue weighted by molar-refractivity contribution is 6.91. The van der Waals surface area contributed by atoms with E-state index >= 15 is 9.59 Å². The SMILES string of the molecule is CCOc1ccc2c(c1)CC(NCCCCO)C(=O)N2c1cccc(CN2C(=O)[C@]3(O[C@H](CC(=O)N4CCC[C@H]4CO)[C@@H]([Si](C)(C)c4ccc(OC)cc4)[C@@H]3C)c3cc(N4C(=O)C(NCCCCO)Cc5cc(OCC)ccc54)ccc32)c1. The summed E-state index contributed by atoms with van der Waals surface area (Å²) in [6.45, 7) is 13.2. The summed E-state index contributed by atoms with van der Waals surface area (Å²) in [5.41, 5.74) is 4.51. The van der Waals surface area contributed by atoms with Crippen LogP contribution in [0.5, 0.6) is 17.2 Å². The van der Waals surface area contributed by atoms with E-state index in [4.69, 9.17) is 18.9 Å². The first-order valence-corrected chi connectivity index (χ1v) is 32.9. The van der Waals surface area contributed by atoms with Crippen molar-refractivity contribution in [1.82, 2.24) is 15.5 Å². The minimum atomic E-state index is -2.75. The summed E-state index contributed by atoms with van der Waals surface area (Å²) in [6, 6.07) is 31.7. The normalized spacial score (nSPS) is 23.0. The van der Waals surface area contributed by atoms with Gasteiger partial charge < -0.3 is 54.7 Å². The number of amides is 4. The number of carbonyl (C=O) groups excluding carboxylic acids is 4. The Balaban J connectivity index is 1.09. The average Bonchev–Trinajstić information content (AvgIpc) is 1.64. The van der Waals surface area contributed by atoms with Crippen molar-refractivity contribution in [1.29, 1.82) is 0 Å². The van der Waals surface area contributed by atoms with E-state index in [9.17, 15) is 24.9 Å². The van der Waals surface area contributed by atoms with Crippen LogP contribution in [0, 0.1) is 5.92 Å². The maximum absolute atomic E-state index is 16.5. The zero-order chi connectivity index (χ0) is 58.6. The lowest BCUT2D eigenvalue weighted by atomic mass is 9.82. The molecule has 18 heteroatoms. The number of aliphatic hydroxyl groups is 3. The first-order valence-electron chi connectivity index (χ1n) is 29.9. The second kappa shape index (κ2) is 25.7. The third-order valence-corrected chi connectivity index (χ3v) is 22.3. The number of methoxy groups -OCH3 is 1. The molecule has 2 unspecified atom stereocenters. The Hall–Kier alpha value is -6.64. The molecule has 0 bridgehead atoms. The number of anilines is 5. The van der Waals surface area contributed by atoms with E-state index in [1.54, 1.807) is 26.7 Å². The van der Waals surface area contributed by atoms with E-state index in [0.29, 0.717) is 118 Å². The van der Waals surface area contributed by atoms with Crippen LogP contribution in [-0.4, -0.2) is 136 Å². The van der Waals surface area contributed by atoms with Crippen LogP contribution in [0.1, 0.15) is 88.0 Å². The van der Waals surface area contributed by atoms with Crippen molar-refractivity contribution in [2.24, 2.45) is 5.92 Å². The fraction of sp³-hybridized carbons (Fsp3) is 0.477. The van der Waals surface area contributed by atoms with E-state index in [1.807, 2.05) is 105 Å². The van der Waals surface area contributed by atoms with Crippen LogP contribution >= 0.6 is 0 Å². The molecule has 0 radical (unpaired) electrons. The van der Waals surface area contributed by atoms with Crippen LogP contribution < -0.4 is 44.7 Å². The Morgan fingerprint density at radius 1 is 0.723 bits per heavy atom. The molecular weight excluding hydrogens is 1070 g/mol. The molecule has 10 rings (SSSR count). The van der Waals surface area contributed by atoms with Crippen molar-refractivity contribution in [2.75, 3.05) is 74.5 Å². The van der Waals surface area contributed by atoms with Gasteiger partial charge in [-0.25, -0.2) is 0 Å². The summed E-state index contributed by atoms with van der Waals surface area (Å²) in [7, 11) is -1.11. The van der Waals surface area contributed by atoms with Gasteiger partial charge in [-0.1, -0.05) is 49.5 Å². The number of fused-ring (bicyclic) bond motifs is 4. The van der Waals surface area contributed by atoms with Crippen molar-refractivity contribution < 1.29 is 53.4 Å². The van der Waals surface area contributed by atoms with E-state index in [1.165, 1.54) is 0 Å². The van der Waals surface area contributed by atoms with Crippen molar-refractivity contribution in [3.63, 3.8) is 0 Å². The third kappa shape index (κ3) is 11.6. The van der Waals surface area contributed by atoms with Crippen LogP contribution in [0.4, 0.5) is 28.4 Å². The molecule has 0 aromatic heterocycles. The summed E-state index contributed by atoms with van der Waals surface area (Å²) >= 11 is 0. The number of carbonyl (C=O) groups is 4. The van der Waals surface area contributed by atoms with Crippen molar-refractivity contribution >= 4 is 65.3 Å². The molecule has 5 aliphatic heterocycles. The highest BCUT2D eigenvalue weighted by Crippen LogP contribution is 2.61. The number of aliphatic hydroxyl groups excluding tert-OH is 3. The van der Waals surface area contributed by atoms with Crippen LogP contribution in [0.3, 0.4) is 0 Å². The number of rotatable bonds is 24. The standard InChI is InChI=1S/C65H82N6O11Si/c1-7-80-50-21-26-56-44(34-50)36-54(66-28-9-11-31-72)62(76)70(56)46-16-13-15-43(33-46)40-69-58-25-18-47(71-57-27-22-51(81-8-2)35-45(57)37-55(63(71)77)67-29-10-12-32-73)38-53(58)65(64(69)78)42(3)61(83(5,6)52-23-19-49(79-4)20-24-52)59(82-65)39-60(75)68-30-14-17-48(68)41-74/h13,15-16,18-27,33-35,38,42,48,54-55,59,61,66-67,72-74H,7-12,14,17,28-32,36-37,39-41H2,1-6H3/t42-,48-,54?,55?,59+,61-,65+/m0/s1. The lowest BCUT2D eigenvalue weighted by molar-refractivity contribution is -0.150. The molecule has 0 aliphatic carbocycles. The van der Waals surface area contributed by atoms with Gasteiger partial charge in [0.25, 0.3) is 5.91 Å². The second-order valence-electron chi connectivity index (χ2n) is 23.3. The number of benzene rings is 5. The van der Waals surface area contributed by atoms with E-state index in [0.717, 1.165) is 39.7 Å². The number of hydrogen-bond donors (Lipinski definition) is 5. The molecule has 2 fully saturated rings. The van der Waals surface area contributed by atoms with Crippen LogP contribution in [0.15, 0.2) is 103 Å². The Morgan fingerprint density at radius 3 is 1.87 bits per heavy atom. The smallest absolute Gasteiger partial charge is 0.264 e. The minimum absolute atomic E-state index is 0.00264. The quantitative estimate of drug-likeness (QED) is 0.0300. The first-order chi connectivity index (χ1) is 40.2. The molecule has 5 aliphatic rings. The fourth-order valence-electron chi connectivity index (χ4n) is 13.9. The van der Waals surface area contributed by atoms with Gasteiger partial charge in [0.1, 0.15) is 17.2 Å². The molecule has 5 aromatic carbocycles. The molecule has 5 N–H and O–H groups in total. The first kappa shape index (κ1) is 59.5. The van der Waals surface area contributed by atoms with Gasteiger partial charge in [0, 0.05) is 42.6 Å². The molecule has 4 amide bonds. The number of likely N-dealkylation sites (tertiary alicyclic amines) is 1. The van der Waals surface area contributed by atoms with E-state index in [2.05, 4.69) is 42.8 Å². The number of nitrogens with zero attached hydrogens (tertiary/aromatic N) is 4. The monoisotopic (exact) mass is 1150 g/mol. The lowest BCUT2D eigenvalue weighted by Gasteiger charge is -2.37. The van der Waals surface area contributed by atoms with Crippen LogP contribution in [-0.2, 0) is 48.9 Å². The molecular formula is C65H82N6O11Si. The summed E-state index contributed by atoms with van der Waals surface area (Å²) in [4.78, 5) is 68.1. The summed E-state index contributed by atoms with van der Waals surface area (Å²) in [5, 5.41) is 37.6. The molecule has 2 saturated heterocycles. The molecule has 17 nitrogen and oxygen atoms in total. The number of ether oxygens (including phenoxy) is 4. The summed E-state index contributed by atoms with van der Waals surface area (Å²) in [6.07, 6.45) is 4.26. The van der Waals surface area contributed by atoms with Gasteiger partial charge in [0.2, 0.25) is 17.7 Å². The van der Waals surface area contributed by atoms with Gasteiger partial charge >= 0.3 is 0 Å². The zero-order valence-electron chi connectivity index (χ0n) is 48.9. The summed E-state index contributed by atoms with van der Waals surface area (Å²) in [5.74, 6) is 0.918. The van der Waals surface area contributed by atoms with Gasteiger partial charge in [-0.3, -0.25) is 29.0 Å². The Labute approximate surface area is 488 Å². The molecule has 83 heavy (non-hydrogen) atoms. The Kier molecular flexibility index (Phi) is 18.4. The molecule has 7 atom stereocenters. The molecule has 5 heterocycles. The Morgan fingerprint density at radius 2 is 1.30 bits per heavy atom. The van der Waals surface area contributed by atoms with Crippen molar-refractivity contribution in [3.05, 3.63) is 125 Å². The number of nitrogens with one attached hydrogen (secondary N) is 2. The topological polar surface area (TPSA) is 203 Å². The van der Waals surface area contributed by atoms with E-state index < -0.39 is 37.8 Å². The van der Waals surface area contributed by atoms with Crippen LogP contribution in [0.2, 0.25) is 18.6 Å². The largest absolute Gasteiger partial charge is 0.497 e. The van der Waals surface area contributed by atoms with E-state index in [-0.39, 0.29) is 68.0 Å². The number of unbranched alkanes of at least 4 members (excludes halogenated alkanes) is 2. The maximum atomic E-state index is 16.5. The van der Waals surface area contributed by atoms with Gasteiger partial charge in [-0.15, -0.1) is 0 Å². The Bertz CT molecular complexity index is 3160. The zero-order valence-corrected chi connectivity index (χ0v) is 49.9. The maximum Gasteiger partial charge on any atom is 0.264 e. The van der Waals surface area contributed by atoms with Gasteiger partial charge in [-0.2, -0.15) is 0 Å². The second-order valence-corrected chi connectivity index (χ2v) is 28.0. The molecule has 0 saturated carbocycles. The van der Waals surface area contributed by atoms with Crippen molar-refractivity contribution in [3.8, 4) is 17.2 Å². The molecule has 1 spiro atoms. The highest BCUT2D eigenvalue weighted by atomic mass is 28.3. The van der Waals surface area contributed by atoms with Gasteiger partial charge in [0.15, 0.2) is 5.60 Å². The summed E-state index contributed by atoms with van der Waals surface area (Å²) < 4.78 is 25.1. The number of hydrogen-bond acceptors (Lipinski definition) is 13. The average molecular weight is 1150 g/mol. The van der Waals surface area contributed by atoms with Gasteiger partial charge in [-0.05, 0) is 179 Å². The van der Waals surface area contributed by atoms with Crippen LogP contribution in [0.25, 0.3) is 0 Å². The predicted octanol–water partition coefficient (Wildman–Crippen LogP) is 7.53. The minimum Gasteiger partial charge on any atom is -0.497 e. The third-order valence-electron chi connectivity index (χ3n) is 17.9. The highest BCUT2D eigenvalue weighted by Gasteiger charge is 2.67. The fourth-order valence-corrected chi connectivity index (χ4v) is 17.9. The van der Waals surface area contributed by atoms with Gasteiger partial charge in [0.05, 0.1) is 89.3 Å². The lowest BCUT2D eigenvalue weighted by Crippen LogP contribution is -2.52. The van der Waals surface area contributed by atoms with Crippen molar-refractivity contribution in [2.45, 2.75) is 134 Å².